The summed E-state index contributed by atoms with van der Waals surface area (Å²) in [5, 5.41) is 16.5. The highest BCUT2D eigenvalue weighted by Crippen LogP contribution is 2.34. The molecule has 34 heavy (non-hydrogen) atoms. The molecule has 1 aliphatic rings. The normalized spacial score (nSPS) is 12.7. The first-order chi connectivity index (χ1) is 16.5. The minimum Gasteiger partial charge on any atom is -0.497 e. The van der Waals surface area contributed by atoms with Crippen molar-refractivity contribution in [1.82, 2.24) is 4.98 Å². The van der Waals surface area contributed by atoms with Gasteiger partial charge < -0.3 is 18.6 Å². The average Bonchev–Trinajstić information content (AvgIpc) is 3.50. The number of methoxy groups -OCH3 is 1. The number of carbonyl (C=O) groups excluding carboxylic acids is 1. The van der Waals surface area contributed by atoms with Crippen molar-refractivity contribution in [3.63, 3.8) is 0 Å². The number of carbonyl (C=O) groups is 1. The van der Waals surface area contributed by atoms with E-state index in [9.17, 15) is 14.9 Å². The lowest BCUT2D eigenvalue weighted by atomic mass is 10.2. The number of rotatable bonds is 6. The summed E-state index contributed by atoms with van der Waals surface area (Å²) in [6.45, 7) is 0.810. The van der Waals surface area contributed by atoms with E-state index in [1.807, 2.05) is 6.07 Å². The number of amides is 1. The number of hydrazone groups is 1. The minimum absolute atomic E-state index is 0.106. The summed E-state index contributed by atoms with van der Waals surface area (Å²) < 4.78 is 22.3. The number of ether oxygens (including phenoxy) is 3. The molecule has 0 radical (unpaired) electrons. The molecule has 4 aromatic rings. The van der Waals surface area contributed by atoms with Crippen molar-refractivity contribution >= 4 is 44.7 Å². The van der Waals surface area contributed by atoms with Crippen molar-refractivity contribution in [2.24, 2.45) is 5.10 Å². The number of benzene rings is 2. The fourth-order valence-electron chi connectivity index (χ4n) is 3.22. The van der Waals surface area contributed by atoms with Gasteiger partial charge in [0.1, 0.15) is 23.9 Å². The lowest BCUT2D eigenvalue weighted by Crippen LogP contribution is -2.26. The van der Waals surface area contributed by atoms with Crippen LogP contribution >= 0.6 is 11.3 Å². The third-order valence-corrected chi connectivity index (χ3v) is 5.83. The third-order valence-electron chi connectivity index (χ3n) is 4.84. The largest absolute Gasteiger partial charge is 0.497 e. The fourth-order valence-corrected chi connectivity index (χ4v) is 4.17. The Morgan fingerprint density at radius 3 is 2.76 bits per heavy atom. The van der Waals surface area contributed by atoms with E-state index in [-0.39, 0.29) is 5.76 Å². The Morgan fingerprint density at radius 2 is 2.00 bits per heavy atom. The topological polar surface area (TPSA) is 130 Å². The highest BCUT2D eigenvalue weighted by Gasteiger charge is 2.24. The Balaban J connectivity index is 1.54. The first-order valence-electron chi connectivity index (χ1n) is 9.99. The molecule has 0 unspecified atom stereocenters. The van der Waals surface area contributed by atoms with Gasteiger partial charge >= 0.3 is 5.88 Å². The van der Waals surface area contributed by atoms with Gasteiger partial charge in [0.15, 0.2) is 17.3 Å². The van der Waals surface area contributed by atoms with Gasteiger partial charge in [-0.3, -0.25) is 14.9 Å². The molecule has 0 saturated carbocycles. The Hall–Kier alpha value is -4.45. The minimum atomic E-state index is -0.656. The number of aromatic nitrogens is 1. The molecule has 1 aliphatic heterocycles. The van der Waals surface area contributed by atoms with E-state index in [0.29, 0.717) is 46.7 Å². The van der Waals surface area contributed by atoms with E-state index in [2.05, 4.69) is 10.1 Å². The van der Waals surface area contributed by atoms with Gasteiger partial charge in [-0.2, -0.15) is 10.1 Å². The molecule has 11 nitrogen and oxygen atoms in total. The number of furan rings is 1. The molecule has 1 amide bonds. The molecule has 2 aromatic carbocycles. The highest BCUT2D eigenvalue weighted by atomic mass is 32.1. The first kappa shape index (κ1) is 21.4. The van der Waals surface area contributed by atoms with E-state index >= 15 is 0 Å². The first-order valence-corrected chi connectivity index (χ1v) is 10.8. The molecular weight excluding hydrogens is 464 g/mol. The summed E-state index contributed by atoms with van der Waals surface area (Å²) in [6.07, 6.45) is 1.22. The molecule has 2 aromatic heterocycles. The number of hydrogen-bond donors (Lipinski definition) is 0. The SMILES string of the molecule is COc1ccc2nc(N(/N=C/c3ccc([N+](=O)[O-])o3)C(=O)c3ccc4c(c3)OCCO4)sc2c1. The van der Waals surface area contributed by atoms with Gasteiger partial charge in [0.25, 0.3) is 5.91 Å². The van der Waals surface area contributed by atoms with Crippen molar-refractivity contribution in [2.75, 3.05) is 25.3 Å². The van der Waals surface area contributed by atoms with Crippen LogP contribution in [0.5, 0.6) is 17.2 Å². The smallest absolute Gasteiger partial charge is 0.433 e. The monoisotopic (exact) mass is 480 g/mol. The molecule has 0 bridgehead atoms. The van der Waals surface area contributed by atoms with Crippen LogP contribution < -0.4 is 19.2 Å². The van der Waals surface area contributed by atoms with Crippen LogP contribution in [0.15, 0.2) is 58.0 Å². The van der Waals surface area contributed by atoms with Gasteiger partial charge in [0.2, 0.25) is 5.13 Å². The van der Waals surface area contributed by atoms with Crippen LogP contribution in [0.1, 0.15) is 16.1 Å². The standard InChI is InChI=1S/C22H16N4O7S/c1-30-14-3-5-16-19(11-14)34-22(24-16)25(23-12-15-4-7-20(33-15)26(28)29)21(27)13-2-6-17-18(10-13)32-9-8-31-17/h2-7,10-12H,8-9H2,1H3/b23-12+. The Morgan fingerprint density at radius 1 is 1.18 bits per heavy atom. The maximum Gasteiger partial charge on any atom is 0.433 e. The molecular formula is C22H16N4O7S. The zero-order valence-electron chi connectivity index (χ0n) is 17.7. The van der Waals surface area contributed by atoms with Gasteiger partial charge in [0, 0.05) is 5.56 Å². The van der Waals surface area contributed by atoms with Gasteiger partial charge in [0.05, 0.1) is 29.6 Å². The molecule has 5 rings (SSSR count). The number of nitrogens with zero attached hydrogens (tertiary/aromatic N) is 4. The maximum atomic E-state index is 13.5. The van der Waals surface area contributed by atoms with Crippen LogP contribution in [0, 0.1) is 10.1 Å². The van der Waals surface area contributed by atoms with Crippen molar-refractivity contribution < 1.29 is 28.3 Å². The number of hydrogen-bond acceptors (Lipinski definition) is 10. The van der Waals surface area contributed by atoms with E-state index in [4.69, 9.17) is 18.6 Å². The van der Waals surface area contributed by atoms with Crippen LogP contribution in [-0.4, -0.2) is 42.4 Å². The van der Waals surface area contributed by atoms with Crippen LogP contribution in [-0.2, 0) is 0 Å². The summed E-state index contributed by atoms with van der Waals surface area (Å²) >= 11 is 1.24. The highest BCUT2D eigenvalue weighted by molar-refractivity contribution is 7.22. The van der Waals surface area contributed by atoms with Crippen molar-refractivity contribution in [2.45, 2.75) is 0 Å². The van der Waals surface area contributed by atoms with Crippen molar-refractivity contribution in [3.8, 4) is 17.2 Å². The molecule has 0 atom stereocenters. The van der Waals surface area contributed by atoms with Crippen LogP contribution in [0.4, 0.5) is 11.0 Å². The third kappa shape index (κ3) is 4.13. The molecule has 0 N–H and O–H groups in total. The summed E-state index contributed by atoms with van der Waals surface area (Å²) in [5.74, 6) is 0.844. The Bertz CT molecular complexity index is 1430. The van der Waals surface area contributed by atoms with Gasteiger partial charge in [-0.25, -0.2) is 4.98 Å². The maximum absolute atomic E-state index is 13.5. The molecule has 0 fully saturated rings. The van der Waals surface area contributed by atoms with E-state index < -0.39 is 16.7 Å². The summed E-state index contributed by atoms with van der Waals surface area (Å²) in [4.78, 5) is 28.3. The zero-order valence-corrected chi connectivity index (χ0v) is 18.5. The molecule has 3 heterocycles. The summed E-state index contributed by atoms with van der Waals surface area (Å²) in [5.41, 5.74) is 0.952. The predicted molar refractivity (Wildman–Crippen MR) is 123 cm³/mol. The van der Waals surface area contributed by atoms with Crippen molar-refractivity contribution in [3.05, 3.63) is 70.0 Å². The lowest BCUT2D eigenvalue weighted by molar-refractivity contribution is -0.402. The quantitative estimate of drug-likeness (QED) is 0.227. The molecule has 12 heteroatoms. The van der Waals surface area contributed by atoms with Crippen molar-refractivity contribution in [1.29, 1.82) is 0 Å². The predicted octanol–water partition coefficient (Wildman–Crippen LogP) is 4.26. The number of anilines is 1. The van der Waals surface area contributed by atoms with Crippen LogP contribution in [0.2, 0.25) is 0 Å². The van der Waals surface area contributed by atoms with Gasteiger partial charge in [-0.1, -0.05) is 11.3 Å². The second-order valence-electron chi connectivity index (χ2n) is 6.98. The second kappa shape index (κ2) is 8.83. The van der Waals surface area contributed by atoms with Gasteiger partial charge in [-0.05, 0) is 42.5 Å². The molecule has 0 spiro atoms. The molecule has 0 aliphatic carbocycles. The number of fused-ring (bicyclic) bond motifs is 2. The van der Waals surface area contributed by atoms with Crippen LogP contribution in [0.3, 0.4) is 0 Å². The fraction of sp³-hybridized carbons (Fsp3) is 0.136. The average molecular weight is 480 g/mol. The summed E-state index contributed by atoms with van der Waals surface area (Å²) in [6, 6.07) is 12.8. The molecule has 0 saturated heterocycles. The number of thiazole rings is 1. The summed E-state index contributed by atoms with van der Waals surface area (Å²) in [7, 11) is 1.56. The van der Waals surface area contributed by atoms with Crippen LogP contribution in [0.25, 0.3) is 10.2 Å². The van der Waals surface area contributed by atoms with E-state index in [1.54, 1.807) is 37.4 Å². The Labute approximate surface area is 195 Å². The Kier molecular flexibility index (Phi) is 5.55. The van der Waals surface area contributed by atoms with Gasteiger partial charge in [-0.15, -0.1) is 0 Å². The molecule has 172 valence electrons. The second-order valence-corrected chi connectivity index (χ2v) is 7.99. The number of nitro groups is 1. The lowest BCUT2D eigenvalue weighted by Gasteiger charge is -2.19. The zero-order chi connectivity index (χ0) is 23.7. The van der Waals surface area contributed by atoms with E-state index in [0.717, 1.165) is 9.71 Å². The van der Waals surface area contributed by atoms with E-state index in [1.165, 1.54) is 29.7 Å².